The third-order valence-corrected chi connectivity index (χ3v) is 2.28. The van der Waals surface area contributed by atoms with Gasteiger partial charge in [-0.2, -0.15) is 0 Å². The van der Waals surface area contributed by atoms with Gasteiger partial charge in [0.05, 0.1) is 6.61 Å². The number of rotatable bonds is 4. The first-order chi connectivity index (χ1) is 5.83. The van der Waals surface area contributed by atoms with E-state index in [-0.39, 0.29) is 0 Å². The van der Waals surface area contributed by atoms with Crippen LogP contribution >= 0.6 is 0 Å². The molecule has 1 N–H and O–H groups in total. The highest BCUT2D eigenvalue weighted by atomic mass is 16.5. The standard InChI is InChI=1S/C10H19NO/c1-9-4-3-5-10(8-9)11-6-7-12-2/h8,10-11H,3-7H2,1-2H3. The van der Waals surface area contributed by atoms with Crippen molar-refractivity contribution in [3.05, 3.63) is 11.6 Å². The molecule has 0 aliphatic heterocycles. The fourth-order valence-electron chi connectivity index (χ4n) is 1.62. The Morgan fingerprint density at radius 2 is 2.50 bits per heavy atom. The molecule has 0 saturated carbocycles. The van der Waals surface area contributed by atoms with Gasteiger partial charge >= 0.3 is 0 Å². The Morgan fingerprint density at radius 1 is 1.67 bits per heavy atom. The van der Waals surface area contributed by atoms with Crippen molar-refractivity contribution in [2.24, 2.45) is 0 Å². The summed E-state index contributed by atoms with van der Waals surface area (Å²) in [4.78, 5) is 0. The Balaban J connectivity index is 2.18. The van der Waals surface area contributed by atoms with Crippen LogP contribution in [-0.4, -0.2) is 26.3 Å². The Morgan fingerprint density at radius 3 is 3.17 bits per heavy atom. The lowest BCUT2D eigenvalue weighted by molar-refractivity contribution is 0.196. The smallest absolute Gasteiger partial charge is 0.0587 e. The second-order valence-electron chi connectivity index (χ2n) is 3.46. The summed E-state index contributed by atoms with van der Waals surface area (Å²) in [5.41, 5.74) is 1.52. The maximum Gasteiger partial charge on any atom is 0.0587 e. The number of nitrogens with one attached hydrogen (secondary N) is 1. The number of methoxy groups -OCH3 is 1. The van der Waals surface area contributed by atoms with Gasteiger partial charge in [0.15, 0.2) is 0 Å². The van der Waals surface area contributed by atoms with Gasteiger partial charge in [-0.1, -0.05) is 11.6 Å². The van der Waals surface area contributed by atoms with Gasteiger partial charge in [0.25, 0.3) is 0 Å². The predicted molar refractivity (Wildman–Crippen MR) is 51.3 cm³/mol. The topological polar surface area (TPSA) is 21.3 Å². The third kappa shape index (κ3) is 3.37. The molecule has 0 amide bonds. The molecular weight excluding hydrogens is 150 g/mol. The Kier molecular flexibility index (Phi) is 4.33. The lowest BCUT2D eigenvalue weighted by atomic mass is 9.97. The quantitative estimate of drug-likeness (QED) is 0.511. The number of allylic oxidation sites excluding steroid dienone is 1. The fraction of sp³-hybridized carbons (Fsp3) is 0.800. The first kappa shape index (κ1) is 9.75. The lowest BCUT2D eigenvalue weighted by Crippen LogP contribution is -2.31. The van der Waals surface area contributed by atoms with Gasteiger partial charge in [0, 0.05) is 19.7 Å². The van der Waals surface area contributed by atoms with Crippen LogP contribution in [0.5, 0.6) is 0 Å². The first-order valence-electron chi connectivity index (χ1n) is 4.72. The van der Waals surface area contributed by atoms with Gasteiger partial charge in [-0.05, 0) is 26.2 Å². The maximum absolute atomic E-state index is 4.98. The molecule has 0 fully saturated rings. The van der Waals surface area contributed by atoms with Crippen LogP contribution in [-0.2, 0) is 4.74 Å². The highest BCUT2D eigenvalue weighted by Crippen LogP contribution is 2.16. The van der Waals surface area contributed by atoms with E-state index in [0.29, 0.717) is 6.04 Å². The van der Waals surface area contributed by atoms with Crippen LogP contribution in [0, 0.1) is 0 Å². The molecule has 0 heterocycles. The molecule has 1 aliphatic carbocycles. The van der Waals surface area contributed by atoms with E-state index in [1.807, 2.05) is 0 Å². The monoisotopic (exact) mass is 169 g/mol. The van der Waals surface area contributed by atoms with E-state index in [4.69, 9.17) is 4.74 Å². The van der Waals surface area contributed by atoms with Gasteiger partial charge in [-0.15, -0.1) is 0 Å². The first-order valence-corrected chi connectivity index (χ1v) is 4.72. The number of hydrogen-bond acceptors (Lipinski definition) is 2. The van der Waals surface area contributed by atoms with Crippen molar-refractivity contribution in [2.45, 2.75) is 32.2 Å². The van der Waals surface area contributed by atoms with Gasteiger partial charge in [0.2, 0.25) is 0 Å². The van der Waals surface area contributed by atoms with Crippen molar-refractivity contribution in [1.82, 2.24) is 5.32 Å². The van der Waals surface area contributed by atoms with Crippen LogP contribution < -0.4 is 5.32 Å². The summed E-state index contributed by atoms with van der Waals surface area (Å²) in [7, 11) is 1.74. The van der Waals surface area contributed by atoms with E-state index in [1.165, 1.54) is 24.8 Å². The molecule has 0 aromatic rings. The molecule has 2 nitrogen and oxygen atoms in total. The van der Waals surface area contributed by atoms with Gasteiger partial charge in [0.1, 0.15) is 0 Å². The summed E-state index contributed by atoms with van der Waals surface area (Å²) in [6, 6.07) is 0.592. The molecule has 1 atom stereocenters. The molecule has 1 rings (SSSR count). The zero-order valence-corrected chi connectivity index (χ0v) is 8.10. The Labute approximate surface area is 75.0 Å². The fourth-order valence-corrected chi connectivity index (χ4v) is 1.62. The molecule has 70 valence electrons. The molecule has 1 aliphatic rings. The summed E-state index contributed by atoms with van der Waals surface area (Å²) in [6.45, 7) is 3.98. The second kappa shape index (κ2) is 5.33. The van der Waals surface area contributed by atoms with E-state index in [9.17, 15) is 0 Å². The second-order valence-corrected chi connectivity index (χ2v) is 3.46. The van der Waals surface area contributed by atoms with Crippen LogP contribution in [0.2, 0.25) is 0 Å². The summed E-state index contributed by atoms with van der Waals surface area (Å²) in [5.74, 6) is 0. The van der Waals surface area contributed by atoms with Crippen molar-refractivity contribution < 1.29 is 4.74 Å². The molecule has 1 unspecified atom stereocenters. The molecule has 0 spiro atoms. The maximum atomic E-state index is 4.98. The zero-order valence-electron chi connectivity index (χ0n) is 8.10. The molecule has 12 heavy (non-hydrogen) atoms. The molecular formula is C10H19NO. The minimum absolute atomic E-state index is 0.592. The average Bonchev–Trinajstić information content (AvgIpc) is 2.05. The van der Waals surface area contributed by atoms with Crippen LogP contribution in [0.25, 0.3) is 0 Å². The summed E-state index contributed by atoms with van der Waals surface area (Å²) < 4.78 is 4.98. The molecule has 0 aromatic carbocycles. The number of ether oxygens (including phenoxy) is 1. The van der Waals surface area contributed by atoms with E-state index in [0.717, 1.165) is 13.2 Å². The van der Waals surface area contributed by atoms with E-state index < -0.39 is 0 Å². The van der Waals surface area contributed by atoms with Crippen molar-refractivity contribution >= 4 is 0 Å². The summed E-state index contributed by atoms with van der Waals surface area (Å²) in [6.07, 6.45) is 6.23. The van der Waals surface area contributed by atoms with Crippen molar-refractivity contribution in [1.29, 1.82) is 0 Å². The van der Waals surface area contributed by atoms with Gasteiger partial charge < -0.3 is 10.1 Å². The lowest BCUT2D eigenvalue weighted by Gasteiger charge is -2.20. The predicted octanol–water partition coefficient (Wildman–Crippen LogP) is 1.72. The van der Waals surface area contributed by atoms with Crippen LogP contribution in [0.15, 0.2) is 11.6 Å². The molecule has 0 aromatic heterocycles. The largest absolute Gasteiger partial charge is 0.383 e. The summed E-state index contributed by atoms with van der Waals surface area (Å²) in [5, 5.41) is 3.45. The van der Waals surface area contributed by atoms with Crippen molar-refractivity contribution in [2.75, 3.05) is 20.3 Å². The Bertz CT molecular complexity index is 154. The molecule has 0 saturated heterocycles. The van der Waals surface area contributed by atoms with E-state index >= 15 is 0 Å². The SMILES string of the molecule is COCCNC1C=C(C)CCC1. The van der Waals surface area contributed by atoms with Crippen LogP contribution in [0.4, 0.5) is 0 Å². The average molecular weight is 169 g/mol. The van der Waals surface area contributed by atoms with Crippen LogP contribution in [0.3, 0.4) is 0 Å². The molecule has 0 bridgehead atoms. The summed E-state index contributed by atoms with van der Waals surface area (Å²) >= 11 is 0. The van der Waals surface area contributed by atoms with E-state index in [1.54, 1.807) is 7.11 Å². The highest BCUT2D eigenvalue weighted by Gasteiger charge is 2.09. The van der Waals surface area contributed by atoms with E-state index in [2.05, 4.69) is 18.3 Å². The van der Waals surface area contributed by atoms with Crippen molar-refractivity contribution in [3.63, 3.8) is 0 Å². The van der Waals surface area contributed by atoms with Crippen LogP contribution in [0.1, 0.15) is 26.2 Å². The Hall–Kier alpha value is -0.340. The normalized spacial score (nSPS) is 23.8. The van der Waals surface area contributed by atoms with Gasteiger partial charge in [-0.3, -0.25) is 0 Å². The number of hydrogen-bond donors (Lipinski definition) is 1. The molecule has 2 heteroatoms. The van der Waals surface area contributed by atoms with Gasteiger partial charge in [-0.25, -0.2) is 0 Å². The minimum Gasteiger partial charge on any atom is -0.383 e. The highest BCUT2D eigenvalue weighted by molar-refractivity contribution is 5.07. The molecule has 0 radical (unpaired) electrons. The van der Waals surface area contributed by atoms with Crippen molar-refractivity contribution in [3.8, 4) is 0 Å². The minimum atomic E-state index is 0.592. The zero-order chi connectivity index (χ0) is 8.81. The third-order valence-electron chi connectivity index (χ3n) is 2.28.